The average molecular weight is 640 g/mol. The number of methoxy groups -OCH3 is 1. The lowest BCUT2D eigenvalue weighted by molar-refractivity contribution is -0.143. The number of carbonyl (C=O) groups excluding carboxylic acids is 4. The number of amides is 4. The summed E-state index contributed by atoms with van der Waals surface area (Å²) in [6.07, 6.45) is 3.66. The van der Waals surface area contributed by atoms with E-state index in [-0.39, 0.29) is 42.1 Å². The van der Waals surface area contributed by atoms with E-state index in [1.807, 2.05) is 60.7 Å². The van der Waals surface area contributed by atoms with Crippen molar-refractivity contribution in [2.24, 2.45) is 5.92 Å². The first-order valence-electron chi connectivity index (χ1n) is 16.5. The minimum Gasteiger partial charge on any atom is -0.497 e. The lowest BCUT2D eigenvalue weighted by Gasteiger charge is -2.33. The van der Waals surface area contributed by atoms with Crippen LogP contribution in [0.2, 0.25) is 0 Å². The molecule has 0 saturated carbocycles. The maximum absolute atomic E-state index is 14.4. The highest BCUT2D eigenvalue weighted by Gasteiger charge is 2.47. The van der Waals surface area contributed by atoms with E-state index in [2.05, 4.69) is 21.3 Å². The minimum absolute atomic E-state index is 0.113. The van der Waals surface area contributed by atoms with Crippen LogP contribution in [-0.2, 0) is 27.2 Å². The van der Waals surface area contributed by atoms with Crippen molar-refractivity contribution < 1.29 is 23.9 Å². The van der Waals surface area contributed by atoms with Gasteiger partial charge in [-0.3, -0.25) is 19.2 Å². The first-order chi connectivity index (χ1) is 22.9. The van der Waals surface area contributed by atoms with Gasteiger partial charge in [0.25, 0.3) is 5.91 Å². The van der Waals surface area contributed by atoms with Crippen LogP contribution in [0.3, 0.4) is 0 Å². The van der Waals surface area contributed by atoms with E-state index in [4.69, 9.17) is 4.74 Å². The molecule has 10 heteroatoms. The molecular weight excluding hydrogens is 594 g/mol. The molecule has 2 heterocycles. The molecule has 248 valence electrons. The van der Waals surface area contributed by atoms with Gasteiger partial charge >= 0.3 is 0 Å². The maximum atomic E-state index is 14.4. The third kappa shape index (κ3) is 8.56. The van der Waals surface area contributed by atoms with Crippen molar-refractivity contribution in [2.75, 3.05) is 27.2 Å². The molecule has 10 nitrogen and oxygen atoms in total. The largest absolute Gasteiger partial charge is 0.497 e. The Balaban J connectivity index is 1.30. The zero-order valence-electron chi connectivity index (χ0n) is 27.1. The topological polar surface area (TPSA) is 129 Å². The van der Waals surface area contributed by atoms with Crippen LogP contribution < -0.4 is 26.0 Å². The molecule has 4 N–H and O–H groups in total. The van der Waals surface area contributed by atoms with E-state index in [0.717, 1.165) is 16.9 Å². The summed E-state index contributed by atoms with van der Waals surface area (Å²) in [5, 5.41) is 12.2. The van der Waals surface area contributed by atoms with Gasteiger partial charge in [0, 0.05) is 30.6 Å². The minimum atomic E-state index is -0.900. The Labute approximate surface area is 276 Å². The second kappa shape index (κ2) is 16.2. The third-order valence-corrected chi connectivity index (χ3v) is 9.35. The standard InChI is InChI=1S/C37H45N5O5/c1-38-31(23-26-9-5-3-6-10-26)35(44)41-33-28(24-40-34(43)27-11-7-4-8-12-27)15-16-29-17-20-32(42(29)37(33)46)36(45)39-22-21-25-13-18-30(47-2)19-14-25/h3-14,18-19,28-29,31-33,38H,15-17,20-24H2,1-2H3,(H,39,45)(H,40,43)(H,41,44)/t28-,29+,31-,32+,33+/m1/s1. The van der Waals surface area contributed by atoms with E-state index >= 15 is 0 Å². The molecule has 0 unspecified atom stereocenters. The van der Waals surface area contributed by atoms with Gasteiger partial charge in [-0.1, -0.05) is 60.7 Å². The average Bonchev–Trinajstić information content (AvgIpc) is 3.49. The molecular formula is C37H45N5O5. The molecule has 0 spiro atoms. The van der Waals surface area contributed by atoms with Gasteiger partial charge in [-0.05, 0) is 81.0 Å². The summed E-state index contributed by atoms with van der Waals surface area (Å²) in [6.45, 7) is 0.651. The van der Waals surface area contributed by atoms with Crippen molar-refractivity contribution in [3.8, 4) is 5.75 Å². The van der Waals surface area contributed by atoms with Crippen LogP contribution >= 0.6 is 0 Å². The molecule has 2 fully saturated rings. The summed E-state index contributed by atoms with van der Waals surface area (Å²) in [5.41, 5.74) is 2.59. The van der Waals surface area contributed by atoms with Crippen LogP contribution in [0.5, 0.6) is 5.75 Å². The lowest BCUT2D eigenvalue weighted by Crippen LogP contribution is -2.59. The Morgan fingerprint density at radius 1 is 0.851 bits per heavy atom. The van der Waals surface area contributed by atoms with Crippen LogP contribution in [0, 0.1) is 5.92 Å². The maximum Gasteiger partial charge on any atom is 0.251 e. The number of hydrogen-bond acceptors (Lipinski definition) is 6. The zero-order valence-corrected chi connectivity index (χ0v) is 27.1. The SMILES string of the molecule is CN[C@H](Cc1ccccc1)C(=O)N[C@@H]1C(=O)N2[C@@H](CC[C@@H]1CNC(=O)c1ccccc1)CC[C@H]2C(=O)NCCc1ccc(OC)cc1. The Morgan fingerprint density at radius 3 is 2.21 bits per heavy atom. The molecule has 0 bridgehead atoms. The predicted molar refractivity (Wildman–Crippen MR) is 180 cm³/mol. The zero-order chi connectivity index (χ0) is 33.2. The van der Waals surface area contributed by atoms with Crippen molar-refractivity contribution in [3.63, 3.8) is 0 Å². The number of hydrogen-bond donors (Lipinski definition) is 4. The predicted octanol–water partition coefficient (Wildman–Crippen LogP) is 2.87. The van der Waals surface area contributed by atoms with Crippen molar-refractivity contribution in [3.05, 3.63) is 102 Å². The second-order valence-corrected chi connectivity index (χ2v) is 12.3. The molecule has 2 aliphatic heterocycles. The molecule has 0 radical (unpaired) electrons. The summed E-state index contributed by atoms with van der Waals surface area (Å²) < 4.78 is 5.23. The number of nitrogens with one attached hydrogen (secondary N) is 4. The third-order valence-electron chi connectivity index (χ3n) is 9.35. The summed E-state index contributed by atoms with van der Waals surface area (Å²) in [4.78, 5) is 56.3. The van der Waals surface area contributed by atoms with Crippen LogP contribution in [0.15, 0.2) is 84.9 Å². The van der Waals surface area contributed by atoms with Crippen LogP contribution in [0.4, 0.5) is 0 Å². The monoisotopic (exact) mass is 639 g/mol. The van der Waals surface area contributed by atoms with E-state index < -0.39 is 18.1 Å². The quantitative estimate of drug-likeness (QED) is 0.228. The fourth-order valence-electron chi connectivity index (χ4n) is 6.68. The molecule has 0 aliphatic carbocycles. The van der Waals surface area contributed by atoms with Gasteiger partial charge in [-0.2, -0.15) is 0 Å². The summed E-state index contributed by atoms with van der Waals surface area (Å²) in [5.74, 6) is -0.575. The molecule has 47 heavy (non-hydrogen) atoms. The number of benzene rings is 3. The van der Waals surface area contributed by atoms with Crippen LogP contribution in [0.1, 0.15) is 47.2 Å². The number of rotatable bonds is 13. The van der Waals surface area contributed by atoms with Gasteiger partial charge in [-0.15, -0.1) is 0 Å². The molecule has 3 aromatic rings. The normalized spacial score (nSPS) is 21.2. The van der Waals surface area contributed by atoms with Crippen LogP contribution in [0.25, 0.3) is 0 Å². The van der Waals surface area contributed by atoms with Crippen LogP contribution in [-0.4, -0.2) is 79.9 Å². The molecule has 2 aliphatic rings. The van der Waals surface area contributed by atoms with Gasteiger partial charge in [0.1, 0.15) is 17.8 Å². The van der Waals surface area contributed by atoms with Gasteiger partial charge < -0.3 is 30.9 Å². The molecule has 5 rings (SSSR count). The summed E-state index contributed by atoms with van der Waals surface area (Å²) in [7, 11) is 3.35. The van der Waals surface area contributed by atoms with Gasteiger partial charge in [-0.25, -0.2) is 0 Å². The number of carbonyl (C=O) groups is 4. The fraction of sp³-hybridized carbons (Fsp3) is 0.405. The Bertz CT molecular complexity index is 1500. The Hall–Kier alpha value is -4.70. The van der Waals surface area contributed by atoms with Gasteiger partial charge in [0.2, 0.25) is 17.7 Å². The number of fused-ring (bicyclic) bond motifs is 1. The highest BCUT2D eigenvalue weighted by atomic mass is 16.5. The molecule has 2 saturated heterocycles. The first kappa shape index (κ1) is 33.7. The van der Waals surface area contributed by atoms with Gasteiger partial charge in [0.15, 0.2) is 0 Å². The summed E-state index contributed by atoms with van der Waals surface area (Å²) in [6, 6.07) is 24.1. The van der Waals surface area contributed by atoms with Crippen molar-refractivity contribution in [2.45, 2.75) is 62.7 Å². The summed E-state index contributed by atoms with van der Waals surface area (Å²) >= 11 is 0. The van der Waals surface area contributed by atoms with E-state index in [1.54, 1.807) is 43.3 Å². The number of nitrogens with zero attached hydrogens (tertiary/aromatic N) is 1. The lowest BCUT2D eigenvalue weighted by atomic mass is 9.92. The van der Waals surface area contributed by atoms with Gasteiger partial charge in [0.05, 0.1) is 13.2 Å². The van der Waals surface area contributed by atoms with Crippen molar-refractivity contribution in [1.82, 2.24) is 26.2 Å². The van der Waals surface area contributed by atoms with Crippen molar-refractivity contribution >= 4 is 23.6 Å². The highest BCUT2D eigenvalue weighted by Crippen LogP contribution is 2.34. The molecule has 0 aromatic heterocycles. The van der Waals surface area contributed by atoms with E-state index in [9.17, 15) is 19.2 Å². The molecule has 3 aromatic carbocycles. The first-order valence-corrected chi connectivity index (χ1v) is 16.5. The molecule has 4 amide bonds. The van der Waals surface area contributed by atoms with E-state index in [1.165, 1.54) is 0 Å². The van der Waals surface area contributed by atoms with E-state index in [0.29, 0.717) is 50.6 Å². The smallest absolute Gasteiger partial charge is 0.251 e. The molecule has 5 atom stereocenters. The van der Waals surface area contributed by atoms with Crippen molar-refractivity contribution in [1.29, 1.82) is 0 Å². The highest BCUT2D eigenvalue weighted by molar-refractivity contribution is 5.95. The Kier molecular flexibility index (Phi) is 11.6. The number of likely N-dealkylation sites (N-methyl/N-ethyl adjacent to an activating group) is 1. The Morgan fingerprint density at radius 2 is 1.53 bits per heavy atom. The number of ether oxygens (including phenoxy) is 1. The second-order valence-electron chi connectivity index (χ2n) is 12.3. The fourth-order valence-corrected chi connectivity index (χ4v) is 6.68.